The molecule has 4 N–H and O–H groups in total. The van der Waals surface area contributed by atoms with Crippen LogP contribution in [-0.2, 0) is 6.42 Å². The van der Waals surface area contributed by atoms with Crippen LogP contribution in [0.5, 0.6) is 0 Å². The van der Waals surface area contributed by atoms with Gasteiger partial charge in [-0.1, -0.05) is 48.5 Å². The molecule has 1 heterocycles. The molecule has 32 heavy (non-hydrogen) atoms. The van der Waals surface area contributed by atoms with Crippen molar-refractivity contribution in [1.82, 2.24) is 15.5 Å². The van der Waals surface area contributed by atoms with Gasteiger partial charge in [-0.25, -0.2) is 0 Å². The molecule has 0 aromatic heterocycles. The van der Waals surface area contributed by atoms with Gasteiger partial charge < -0.3 is 25.7 Å². The fourth-order valence-corrected chi connectivity index (χ4v) is 3.63. The zero-order valence-electron chi connectivity index (χ0n) is 18.8. The van der Waals surface area contributed by atoms with Gasteiger partial charge in [-0.3, -0.25) is 4.79 Å². The summed E-state index contributed by atoms with van der Waals surface area (Å²) < 4.78 is 0. The van der Waals surface area contributed by atoms with Crippen molar-refractivity contribution in [2.45, 2.75) is 25.6 Å². The standard InChI is InChI=1S/C26H33N3O3/c1-19(30)24-14-21(15-28-16-24)18-29(2)26(32)23-10-8-20(9-11-23)12-13-27-17-25(31)22-6-4-3-5-7-22/h3-11,14-15,19,25,27-28,30-31H,12-13,16-18H2,1-2H3. The summed E-state index contributed by atoms with van der Waals surface area (Å²) in [5, 5.41) is 26.4. The fourth-order valence-electron chi connectivity index (χ4n) is 3.63. The minimum absolute atomic E-state index is 0.0425. The molecule has 0 aliphatic carbocycles. The highest BCUT2D eigenvalue weighted by Gasteiger charge is 2.15. The number of nitrogens with one attached hydrogen (secondary N) is 2. The summed E-state index contributed by atoms with van der Waals surface area (Å²) in [6.07, 6.45) is 3.64. The van der Waals surface area contributed by atoms with Crippen molar-refractivity contribution < 1.29 is 15.0 Å². The molecule has 3 rings (SSSR count). The third kappa shape index (κ3) is 6.79. The van der Waals surface area contributed by atoms with Crippen LogP contribution >= 0.6 is 0 Å². The average Bonchev–Trinajstić information content (AvgIpc) is 2.82. The van der Waals surface area contributed by atoms with Crippen LogP contribution in [0.25, 0.3) is 0 Å². The normalized spacial score (nSPS) is 15.2. The van der Waals surface area contributed by atoms with Crippen molar-refractivity contribution >= 4 is 5.91 Å². The van der Waals surface area contributed by atoms with Crippen LogP contribution in [0.2, 0.25) is 0 Å². The van der Waals surface area contributed by atoms with Crippen LogP contribution in [-0.4, -0.2) is 60.4 Å². The summed E-state index contributed by atoms with van der Waals surface area (Å²) in [6, 6.07) is 17.3. The van der Waals surface area contributed by atoms with Gasteiger partial charge in [0.25, 0.3) is 5.91 Å². The molecule has 0 radical (unpaired) electrons. The van der Waals surface area contributed by atoms with E-state index in [0.717, 1.165) is 35.2 Å². The molecule has 170 valence electrons. The van der Waals surface area contributed by atoms with Gasteiger partial charge >= 0.3 is 0 Å². The number of dihydropyridines is 1. The van der Waals surface area contributed by atoms with Crippen molar-refractivity contribution in [1.29, 1.82) is 0 Å². The Morgan fingerprint density at radius 2 is 1.84 bits per heavy atom. The highest BCUT2D eigenvalue weighted by Crippen LogP contribution is 2.14. The Bertz CT molecular complexity index is 937. The summed E-state index contributed by atoms with van der Waals surface area (Å²) in [6.45, 7) is 4.09. The van der Waals surface area contributed by atoms with Gasteiger partial charge in [0.05, 0.1) is 12.2 Å². The number of amides is 1. The average molecular weight is 436 g/mol. The maximum absolute atomic E-state index is 12.8. The first-order valence-electron chi connectivity index (χ1n) is 11.0. The Morgan fingerprint density at radius 3 is 2.53 bits per heavy atom. The van der Waals surface area contributed by atoms with Gasteiger partial charge in [0.15, 0.2) is 0 Å². The minimum Gasteiger partial charge on any atom is -0.389 e. The first-order chi connectivity index (χ1) is 15.4. The molecular weight excluding hydrogens is 402 g/mol. The van der Waals surface area contributed by atoms with Gasteiger partial charge in [-0.2, -0.15) is 0 Å². The van der Waals surface area contributed by atoms with Crippen molar-refractivity contribution in [3.8, 4) is 0 Å². The number of carbonyl (C=O) groups excluding carboxylic acids is 1. The van der Waals surface area contributed by atoms with Crippen molar-refractivity contribution in [2.24, 2.45) is 0 Å². The van der Waals surface area contributed by atoms with E-state index in [0.29, 0.717) is 25.2 Å². The molecule has 0 bridgehead atoms. The van der Waals surface area contributed by atoms with E-state index >= 15 is 0 Å². The molecule has 0 saturated carbocycles. The predicted octanol–water partition coefficient (Wildman–Crippen LogP) is 2.42. The molecule has 2 aromatic carbocycles. The van der Waals surface area contributed by atoms with E-state index in [1.165, 1.54) is 0 Å². The Kier molecular flexibility index (Phi) is 8.62. The van der Waals surface area contributed by atoms with Crippen molar-refractivity contribution in [3.05, 3.63) is 94.7 Å². The lowest BCUT2D eigenvalue weighted by atomic mass is 10.0. The van der Waals surface area contributed by atoms with Crippen LogP contribution in [0, 0.1) is 0 Å². The SMILES string of the molecule is CC(O)C1=CC(CN(C)C(=O)c2ccc(CCNCC(O)c3ccccc3)cc2)=CNC1. The number of hydrogen-bond donors (Lipinski definition) is 4. The first-order valence-corrected chi connectivity index (χ1v) is 11.0. The molecule has 6 nitrogen and oxygen atoms in total. The Balaban J connectivity index is 1.45. The molecule has 0 fully saturated rings. The number of carbonyl (C=O) groups is 1. The van der Waals surface area contributed by atoms with Gasteiger partial charge in [0, 0.05) is 38.4 Å². The molecule has 2 aromatic rings. The zero-order valence-corrected chi connectivity index (χ0v) is 18.8. The number of benzene rings is 2. The third-order valence-electron chi connectivity index (χ3n) is 5.58. The maximum Gasteiger partial charge on any atom is 0.253 e. The van der Waals surface area contributed by atoms with Gasteiger partial charge in [0.2, 0.25) is 0 Å². The summed E-state index contributed by atoms with van der Waals surface area (Å²) in [5.74, 6) is -0.0425. The lowest BCUT2D eigenvalue weighted by Gasteiger charge is -2.22. The van der Waals surface area contributed by atoms with Gasteiger partial charge in [0.1, 0.15) is 0 Å². The van der Waals surface area contributed by atoms with Crippen LogP contribution in [0.1, 0.15) is 34.5 Å². The molecule has 2 atom stereocenters. The van der Waals surface area contributed by atoms with Crippen molar-refractivity contribution in [2.75, 3.05) is 33.2 Å². The molecule has 0 spiro atoms. The van der Waals surface area contributed by atoms with E-state index < -0.39 is 12.2 Å². The molecule has 6 heteroatoms. The van der Waals surface area contributed by atoms with Gasteiger partial charge in [-0.05, 0) is 54.3 Å². The summed E-state index contributed by atoms with van der Waals surface area (Å²) >= 11 is 0. The lowest BCUT2D eigenvalue weighted by molar-refractivity contribution is 0.0807. The van der Waals surface area contributed by atoms with Crippen molar-refractivity contribution in [3.63, 3.8) is 0 Å². The van der Waals surface area contributed by atoms with E-state index in [2.05, 4.69) is 10.6 Å². The predicted molar refractivity (Wildman–Crippen MR) is 127 cm³/mol. The summed E-state index contributed by atoms with van der Waals surface area (Å²) in [5.41, 5.74) is 4.56. The first kappa shape index (κ1) is 23.7. The second kappa shape index (κ2) is 11.6. The Labute approximate surface area is 190 Å². The Morgan fingerprint density at radius 1 is 1.12 bits per heavy atom. The molecular formula is C26H33N3O3. The summed E-state index contributed by atoms with van der Waals surface area (Å²) in [7, 11) is 1.78. The largest absolute Gasteiger partial charge is 0.389 e. The van der Waals surface area contributed by atoms with E-state index in [-0.39, 0.29) is 5.91 Å². The number of rotatable bonds is 10. The van der Waals surface area contributed by atoms with Crippen LogP contribution in [0.15, 0.2) is 78.0 Å². The number of aliphatic hydroxyl groups is 2. The second-order valence-electron chi connectivity index (χ2n) is 8.23. The lowest BCUT2D eigenvalue weighted by Crippen LogP contribution is -2.31. The summed E-state index contributed by atoms with van der Waals surface area (Å²) in [4.78, 5) is 14.5. The molecule has 2 unspecified atom stereocenters. The third-order valence-corrected chi connectivity index (χ3v) is 5.58. The molecule has 1 aliphatic heterocycles. The second-order valence-corrected chi connectivity index (χ2v) is 8.23. The number of hydrogen-bond acceptors (Lipinski definition) is 5. The van der Waals surface area contributed by atoms with E-state index in [1.54, 1.807) is 18.9 Å². The van der Waals surface area contributed by atoms with E-state index in [4.69, 9.17) is 0 Å². The number of aliphatic hydroxyl groups excluding tert-OH is 2. The number of likely N-dealkylation sites (N-methyl/N-ethyl adjacent to an activating group) is 1. The Hall–Kier alpha value is -2.93. The quantitative estimate of drug-likeness (QED) is 0.431. The highest BCUT2D eigenvalue weighted by atomic mass is 16.3. The highest BCUT2D eigenvalue weighted by molar-refractivity contribution is 5.94. The van der Waals surface area contributed by atoms with Crippen LogP contribution in [0.3, 0.4) is 0 Å². The van der Waals surface area contributed by atoms with E-state index in [9.17, 15) is 15.0 Å². The molecule has 1 aliphatic rings. The minimum atomic E-state index is -0.521. The molecule has 0 saturated heterocycles. The van der Waals surface area contributed by atoms with Gasteiger partial charge in [-0.15, -0.1) is 0 Å². The van der Waals surface area contributed by atoms with Crippen LogP contribution < -0.4 is 10.6 Å². The monoisotopic (exact) mass is 435 g/mol. The topological polar surface area (TPSA) is 84.8 Å². The molecule has 1 amide bonds. The number of nitrogens with zero attached hydrogens (tertiary/aromatic N) is 1. The maximum atomic E-state index is 12.8. The fraction of sp³-hybridized carbons (Fsp3) is 0.346. The van der Waals surface area contributed by atoms with E-state index in [1.807, 2.05) is 66.9 Å². The smallest absolute Gasteiger partial charge is 0.253 e. The van der Waals surface area contributed by atoms with Crippen LogP contribution in [0.4, 0.5) is 0 Å². The zero-order chi connectivity index (χ0) is 22.9.